The van der Waals surface area contributed by atoms with Crippen LogP contribution in [0.15, 0.2) is 29.1 Å². The lowest BCUT2D eigenvalue weighted by molar-refractivity contribution is 0.0498. The first-order valence-electron chi connectivity index (χ1n) is 13.5. The molecule has 4 fully saturated rings. The number of nitrogens with two attached hydrogens (primary N) is 1. The molecule has 4 heterocycles. The van der Waals surface area contributed by atoms with Crippen molar-refractivity contribution < 1.29 is 0 Å². The molecule has 2 N–H and O–H groups in total. The predicted octanol–water partition coefficient (Wildman–Crippen LogP) is 4.64. The van der Waals surface area contributed by atoms with Crippen molar-refractivity contribution in [3.05, 3.63) is 34.6 Å². The van der Waals surface area contributed by atoms with Crippen molar-refractivity contribution in [3.8, 4) is 0 Å². The number of rotatable bonds is 3. The van der Waals surface area contributed by atoms with Crippen LogP contribution in [0.4, 0.5) is 5.82 Å². The first kappa shape index (κ1) is 24.1. The molecule has 1 saturated carbocycles. The third-order valence-corrected chi connectivity index (χ3v) is 8.93. The molecule has 4 aliphatic rings. The van der Waals surface area contributed by atoms with Crippen LogP contribution in [-0.2, 0) is 0 Å². The Morgan fingerprint density at radius 1 is 0.824 bits per heavy atom. The lowest BCUT2D eigenvalue weighted by Crippen LogP contribution is -2.50. The van der Waals surface area contributed by atoms with Gasteiger partial charge in [-0.05, 0) is 57.1 Å². The Hall–Kier alpha value is -1.63. The van der Waals surface area contributed by atoms with Gasteiger partial charge < -0.3 is 15.2 Å². The van der Waals surface area contributed by atoms with E-state index < -0.39 is 0 Å². The van der Waals surface area contributed by atoms with Gasteiger partial charge in [0.25, 0.3) is 5.56 Å². The van der Waals surface area contributed by atoms with Crippen molar-refractivity contribution in [1.82, 2.24) is 14.5 Å². The molecule has 2 unspecified atom stereocenters. The number of benzene rings is 1. The summed E-state index contributed by atoms with van der Waals surface area (Å²) in [6, 6.07) is 10.6. The summed E-state index contributed by atoms with van der Waals surface area (Å²) in [6.45, 7) is 1.55. The lowest BCUT2D eigenvalue weighted by atomic mass is 9.89. The number of hydrogen-bond donors (Lipinski definition) is 1. The Labute approximate surface area is 209 Å². The molecule has 2 bridgehead atoms. The van der Waals surface area contributed by atoms with Gasteiger partial charge in [0.1, 0.15) is 0 Å². The van der Waals surface area contributed by atoms with E-state index in [2.05, 4.69) is 26.5 Å². The molecule has 6 rings (SSSR count). The molecule has 7 heteroatoms. The van der Waals surface area contributed by atoms with Crippen molar-refractivity contribution in [2.75, 3.05) is 18.0 Å². The van der Waals surface area contributed by atoms with E-state index in [9.17, 15) is 4.79 Å². The topological polar surface area (TPSA) is 67.4 Å². The van der Waals surface area contributed by atoms with Gasteiger partial charge in [0.05, 0.1) is 11.0 Å². The summed E-state index contributed by atoms with van der Waals surface area (Å²) < 4.78 is 2.13. The monoisotopic (exact) mass is 485 g/mol. The second kappa shape index (κ2) is 10.2. The van der Waals surface area contributed by atoms with Gasteiger partial charge in [0.2, 0.25) is 0 Å². The fourth-order valence-corrected chi connectivity index (χ4v) is 7.41. The molecule has 2 aromatic rings. The van der Waals surface area contributed by atoms with Crippen LogP contribution in [0.3, 0.4) is 0 Å². The van der Waals surface area contributed by atoms with Crippen molar-refractivity contribution in [1.29, 1.82) is 0 Å². The molecule has 186 valence electrons. The molecule has 1 aromatic carbocycles. The number of hydrogen-bond acceptors (Lipinski definition) is 5. The van der Waals surface area contributed by atoms with Gasteiger partial charge in [-0.3, -0.25) is 9.69 Å². The quantitative estimate of drug-likeness (QED) is 0.686. The molecular formula is C27H40ClN5O. The van der Waals surface area contributed by atoms with Crippen LogP contribution in [0.2, 0.25) is 0 Å². The summed E-state index contributed by atoms with van der Waals surface area (Å²) in [7, 11) is 0. The average molecular weight is 486 g/mol. The summed E-state index contributed by atoms with van der Waals surface area (Å²) in [5.74, 6) is 0.608. The fraction of sp³-hybridized carbons (Fsp3) is 0.704. The summed E-state index contributed by atoms with van der Waals surface area (Å²) in [5.41, 5.74) is 8.19. The van der Waals surface area contributed by atoms with Crippen LogP contribution in [-0.4, -0.2) is 51.7 Å². The van der Waals surface area contributed by atoms with Crippen LogP contribution in [0.5, 0.6) is 0 Å². The van der Waals surface area contributed by atoms with E-state index in [1.165, 1.54) is 57.8 Å². The Morgan fingerprint density at radius 3 is 2.18 bits per heavy atom. The zero-order valence-corrected chi connectivity index (χ0v) is 21.1. The maximum absolute atomic E-state index is 13.9. The first-order chi connectivity index (χ1) is 16.2. The van der Waals surface area contributed by atoms with Crippen molar-refractivity contribution >= 4 is 29.3 Å². The third-order valence-electron chi connectivity index (χ3n) is 8.93. The Kier molecular flexibility index (Phi) is 7.19. The number of piperidine rings is 1. The normalized spacial score (nSPS) is 30.8. The molecule has 3 atom stereocenters. The standard InChI is InChI=1S/C27H39N5O.ClH/c28-19-14-15-30(18-19)26-27(33)32(25-11-7-6-10-24(25)29-26)23-16-21-12-13-22(17-23)31(21)20-8-4-2-1-3-5-9-20;/h6-7,10-11,19-23H,1-5,8-9,12-18,28H2;1H/t19-,21?,22?,23?;/m1./s1. The predicted molar refractivity (Wildman–Crippen MR) is 141 cm³/mol. The maximum atomic E-state index is 13.9. The van der Waals surface area contributed by atoms with E-state index in [1.807, 2.05) is 12.1 Å². The van der Waals surface area contributed by atoms with Crippen molar-refractivity contribution in [3.63, 3.8) is 0 Å². The zero-order chi connectivity index (χ0) is 22.4. The van der Waals surface area contributed by atoms with Gasteiger partial charge in [-0.25, -0.2) is 4.98 Å². The molecule has 6 nitrogen and oxygen atoms in total. The van der Waals surface area contributed by atoms with E-state index in [0.29, 0.717) is 17.9 Å². The highest BCUT2D eigenvalue weighted by Crippen LogP contribution is 2.44. The van der Waals surface area contributed by atoms with Crippen molar-refractivity contribution in [2.24, 2.45) is 5.73 Å². The molecule has 0 spiro atoms. The molecule has 3 saturated heterocycles. The summed E-state index contributed by atoms with van der Waals surface area (Å²) in [5, 5.41) is 0. The summed E-state index contributed by atoms with van der Waals surface area (Å²) in [6.07, 6.45) is 15.5. The van der Waals surface area contributed by atoms with Gasteiger partial charge in [0, 0.05) is 43.3 Å². The van der Waals surface area contributed by atoms with Crippen LogP contribution in [0.25, 0.3) is 11.0 Å². The number of halogens is 1. The lowest BCUT2D eigenvalue weighted by Gasteiger charge is -2.45. The highest BCUT2D eigenvalue weighted by Gasteiger charge is 2.44. The molecule has 0 amide bonds. The van der Waals surface area contributed by atoms with Crippen LogP contribution in [0, 0.1) is 0 Å². The molecule has 3 aliphatic heterocycles. The third kappa shape index (κ3) is 4.38. The van der Waals surface area contributed by atoms with E-state index >= 15 is 0 Å². The van der Waals surface area contributed by atoms with Gasteiger partial charge in [-0.15, -0.1) is 12.4 Å². The van der Waals surface area contributed by atoms with Gasteiger partial charge in [-0.2, -0.15) is 0 Å². The van der Waals surface area contributed by atoms with Gasteiger partial charge in [-0.1, -0.05) is 44.2 Å². The van der Waals surface area contributed by atoms with Crippen molar-refractivity contribution in [2.45, 2.75) is 107 Å². The SMILES string of the molecule is Cl.N[C@@H]1CCN(c2nc3ccccc3n(C3CC4CCC(C3)N4C3CCCCCCC3)c2=O)C1. The van der Waals surface area contributed by atoms with E-state index in [1.54, 1.807) is 0 Å². The van der Waals surface area contributed by atoms with E-state index in [4.69, 9.17) is 10.7 Å². The van der Waals surface area contributed by atoms with Gasteiger partial charge in [0.15, 0.2) is 5.82 Å². The van der Waals surface area contributed by atoms with Gasteiger partial charge >= 0.3 is 0 Å². The molecule has 34 heavy (non-hydrogen) atoms. The number of para-hydroxylation sites is 2. The largest absolute Gasteiger partial charge is 0.350 e. The van der Waals surface area contributed by atoms with Crippen LogP contribution in [0.1, 0.15) is 83.1 Å². The first-order valence-corrected chi connectivity index (χ1v) is 13.5. The van der Waals surface area contributed by atoms with Crippen LogP contribution >= 0.6 is 12.4 Å². The average Bonchev–Trinajstić information content (AvgIpc) is 3.33. The van der Waals surface area contributed by atoms with Crippen LogP contribution < -0.4 is 16.2 Å². The minimum Gasteiger partial charge on any atom is -0.350 e. The smallest absolute Gasteiger partial charge is 0.294 e. The summed E-state index contributed by atoms with van der Waals surface area (Å²) in [4.78, 5) is 23.7. The minimum absolute atomic E-state index is 0. The number of aromatic nitrogens is 2. The second-order valence-corrected chi connectivity index (χ2v) is 11.1. The number of anilines is 1. The number of fused-ring (bicyclic) bond motifs is 3. The molecule has 0 radical (unpaired) electrons. The van der Waals surface area contributed by atoms with E-state index in [-0.39, 0.29) is 30.0 Å². The zero-order valence-electron chi connectivity index (χ0n) is 20.3. The summed E-state index contributed by atoms with van der Waals surface area (Å²) >= 11 is 0. The Bertz CT molecular complexity index is 1030. The highest BCUT2D eigenvalue weighted by molar-refractivity contribution is 5.85. The Morgan fingerprint density at radius 2 is 1.50 bits per heavy atom. The minimum atomic E-state index is 0. The second-order valence-electron chi connectivity index (χ2n) is 11.1. The molecule has 1 aromatic heterocycles. The number of nitrogens with zero attached hydrogens (tertiary/aromatic N) is 4. The highest BCUT2D eigenvalue weighted by atomic mass is 35.5. The Balaban J connectivity index is 0.00000241. The molecule has 1 aliphatic carbocycles. The fourth-order valence-electron chi connectivity index (χ4n) is 7.41. The maximum Gasteiger partial charge on any atom is 0.294 e. The molecular weight excluding hydrogens is 446 g/mol. The van der Waals surface area contributed by atoms with E-state index in [0.717, 1.165) is 49.4 Å².